The van der Waals surface area contributed by atoms with E-state index in [4.69, 9.17) is 16.7 Å². The van der Waals surface area contributed by atoms with Crippen LogP contribution in [0.15, 0.2) is 42.5 Å². The van der Waals surface area contributed by atoms with E-state index < -0.39 is 11.8 Å². The third-order valence-electron chi connectivity index (χ3n) is 2.56. The third-order valence-corrected chi connectivity index (χ3v) is 2.79. The van der Waals surface area contributed by atoms with Gasteiger partial charge in [0.15, 0.2) is 0 Å². The lowest BCUT2D eigenvalue weighted by Gasteiger charge is -2.11. The van der Waals surface area contributed by atoms with Crippen LogP contribution in [-0.4, -0.2) is 11.1 Å². The van der Waals surface area contributed by atoms with E-state index >= 15 is 0 Å². The van der Waals surface area contributed by atoms with Gasteiger partial charge in [0.2, 0.25) is 0 Å². The van der Waals surface area contributed by atoms with Gasteiger partial charge in [-0.25, -0.2) is 4.39 Å². The SMILES string of the molecule is O=C(O)Cc1ccccc1Nc1ccc(Cl)cc1F. The lowest BCUT2D eigenvalue weighted by molar-refractivity contribution is -0.136. The summed E-state index contributed by atoms with van der Waals surface area (Å²) in [6.07, 6.45) is -0.127. The van der Waals surface area contributed by atoms with Crippen LogP contribution in [0.5, 0.6) is 0 Å². The highest BCUT2D eigenvalue weighted by atomic mass is 35.5. The highest BCUT2D eigenvalue weighted by Crippen LogP contribution is 2.25. The monoisotopic (exact) mass is 279 g/mol. The quantitative estimate of drug-likeness (QED) is 0.894. The van der Waals surface area contributed by atoms with Crippen molar-refractivity contribution >= 4 is 28.9 Å². The van der Waals surface area contributed by atoms with E-state index in [2.05, 4.69) is 5.32 Å². The Hall–Kier alpha value is -2.07. The first kappa shape index (κ1) is 13.4. The number of aliphatic carboxylic acids is 1. The zero-order valence-corrected chi connectivity index (χ0v) is 10.6. The van der Waals surface area contributed by atoms with Gasteiger partial charge < -0.3 is 10.4 Å². The van der Waals surface area contributed by atoms with E-state index in [0.717, 1.165) is 0 Å². The molecule has 0 radical (unpaired) electrons. The van der Waals surface area contributed by atoms with E-state index in [0.29, 0.717) is 16.3 Å². The fourth-order valence-electron chi connectivity index (χ4n) is 1.70. The number of carbonyl (C=O) groups is 1. The normalized spacial score (nSPS) is 10.2. The molecule has 0 atom stereocenters. The number of hydrogen-bond acceptors (Lipinski definition) is 2. The van der Waals surface area contributed by atoms with Crippen LogP contribution in [0.2, 0.25) is 5.02 Å². The summed E-state index contributed by atoms with van der Waals surface area (Å²) in [6.45, 7) is 0. The Balaban J connectivity index is 2.30. The van der Waals surface area contributed by atoms with Crippen LogP contribution in [-0.2, 0) is 11.2 Å². The number of rotatable bonds is 4. The number of anilines is 2. The van der Waals surface area contributed by atoms with Crippen LogP contribution in [0.25, 0.3) is 0 Å². The molecule has 0 saturated heterocycles. The first-order chi connectivity index (χ1) is 9.06. The lowest BCUT2D eigenvalue weighted by Crippen LogP contribution is -2.04. The third kappa shape index (κ3) is 3.45. The van der Waals surface area contributed by atoms with Crippen molar-refractivity contribution in [3.05, 3.63) is 58.9 Å². The van der Waals surface area contributed by atoms with Crippen LogP contribution in [0, 0.1) is 5.82 Å². The number of nitrogens with one attached hydrogen (secondary N) is 1. The average molecular weight is 280 g/mol. The minimum atomic E-state index is -0.939. The molecule has 98 valence electrons. The molecule has 0 heterocycles. The van der Waals surface area contributed by atoms with Crippen molar-refractivity contribution in [1.29, 1.82) is 0 Å². The molecule has 0 aliphatic heterocycles. The first-order valence-electron chi connectivity index (χ1n) is 5.58. The molecule has 0 saturated carbocycles. The molecule has 0 spiro atoms. The summed E-state index contributed by atoms with van der Waals surface area (Å²) in [4.78, 5) is 10.8. The van der Waals surface area contributed by atoms with Crippen molar-refractivity contribution < 1.29 is 14.3 Å². The molecule has 0 aromatic heterocycles. The first-order valence-corrected chi connectivity index (χ1v) is 5.96. The molecule has 2 N–H and O–H groups in total. The molecule has 19 heavy (non-hydrogen) atoms. The second kappa shape index (κ2) is 5.71. The van der Waals surface area contributed by atoms with Crippen molar-refractivity contribution in [3.8, 4) is 0 Å². The smallest absolute Gasteiger partial charge is 0.307 e. The maximum absolute atomic E-state index is 13.7. The number of halogens is 2. The Morgan fingerprint density at radius 1 is 1.21 bits per heavy atom. The van der Waals surface area contributed by atoms with Crippen molar-refractivity contribution in [3.63, 3.8) is 0 Å². The molecule has 2 aromatic carbocycles. The van der Waals surface area contributed by atoms with Gasteiger partial charge in [-0.3, -0.25) is 4.79 Å². The molecule has 2 aromatic rings. The number of carboxylic acids is 1. The van der Waals surface area contributed by atoms with Crippen LogP contribution in [0.1, 0.15) is 5.56 Å². The van der Waals surface area contributed by atoms with Gasteiger partial charge in [0.05, 0.1) is 12.1 Å². The molecule has 0 amide bonds. The molecule has 0 aliphatic carbocycles. The minimum absolute atomic E-state index is 0.127. The maximum atomic E-state index is 13.7. The number of carboxylic acid groups (broad SMARTS) is 1. The van der Waals surface area contributed by atoms with Crippen molar-refractivity contribution in [2.24, 2.45) is 0 Å². The average Bonchev–Trinajstić information content (AvgIpc) is 2.34. The zero-order chi connectivity index (χ0) is 13.8. The summed E-state index contributed by atoms with van der Waals surface area (Å²) in [5.41, 5.74) is 1.40. The maximum Gasteiger partial charge on any atom is 0.307 e. The summed E-state index contributed by atoms with van der Waals surface area (Å²) in [7, 11) is 0. The zero-order valence-electron chi connectivity index (χ0n) is 9.86. The predicted octanol–water partition coefficient (Wildman–Crippen LogP) is 3.85. The molecule has 0 aliphatic rings. The van der Waals surface area contributed by atoms with Crippen molar-refractivity contribution in [2.45, 2.75) is 6.42 Å². The second-order valence-electron chi connectivity index (χ2n) is 3.98. The van der Waals surface area contributed by atoms with Gasteiger partial charge in [0, 0.05) is 10.7 Å². The van der Waals surface area contributed by atoms with E-state index in [1.807, 2.05) is 0 Å². The van der Waals surface area contributed by atoms with Crippen LogP contribution >= 0.6 is 11.6 Å². The molecule has 0 fully saturated rings. The van der Waals surface area contributed by atoms with Gasteiger partial charge in [0.1, 0.15) is 5.82 Å². The Morgan fingerprint density at radius 3 is 2.63 bits per heavy atom. The lowest BCUT2D eigenvalue weighted by atomic mass is 10.1. The highest BCUT2D eigenvalue weighted by Gasteiger charge is 2.08. The van der Waals surface area contributed by atoms with E-state index in [-0.39, 0.29) is 12.1 Å². The molecular formula is C14H11ClFNO2. The largest absolute Gasteiger partial charge is 0.481 e. The minimum Gasteiger partial charge on any atom is -0.481 e. The fourth-order valence-corrected chi connectivity index (χ4v) is 1.85. The van der Waals surface area contributed by atoms with Gasteiger partial charge in [0.25, 0.3) is 0 Å². The standard InChI is InChI=1S/C14H11ClFNO2/c15-10-5-6-13(11(16)8-10)17-12-4-2-1-3-9(12)7-14(18)19/h1-6,8,17H,7H2,(H,18,19). The number of hydrogen-bond donors (Lipinski definition) is 2. The van der Waals surface area contributed by atoms with Gasteiger partial charge in [-0.15, -0.1) is 0 Å². The molecule has 0 unspecified atom stereocenters. The topological polar surface area (TPSA) is 49.3 Å². The molecule has 0 bridgehead atoms. The molecule has 2 rings (SSSR count). The summed E-state index contributed by atoms with van der Waals surface area (Å²) in [5.74, 6) is -1.43. The van der Waals surface area contributed by atoms with E-state index in [9.17, 15) is 9.18 Å². The Labute approximate surface area is 114 Å². The predicted molar refractivity (Wildman–Crippen MR) is 72.5 cm³/mol. The Bertz CT molecular complexity index is 616. The summed E-state index contributed by atoms with van der Waals surface area (Å²) < 4.78 is 13.7. The van der Waals surface area contributed by atoms with Gasteiger partial charge in [-0.1, -0.05) is 29.8 Å². The summed E-state index contributed by atoms with van der Waals surface area (Å²) in [5, 5.41) is 12.0. The van der Waals surface area contributed by atoms with E-state index in [1.54, 1.807) is 30.3 Å². The Morgan fingerprint density at radius 2 is 1.95 bits per heavy atom. The highest BCUT2D eigenvalue weighted by molar-refractivity contribution is 6.30. The van der Waals surface area contributed by atoms with Crippen LogP contribution < -0.4 is 5.32 Å². The van der Waals surface area contributed by atoms with Crippen LogP contribution in [0.3, 0.4) is 0 Å². The van der Waals surface area contributed by atoms with Gasteiger partial charge in [-0.2, -0.15) is 0 Å². The van der Waals surface area contributed by atoms with Crippen molar-refractivity contribution in [2.75, 3.05) is 5.32 Å². The Kier molecular flexibility index (Phi) is 4.02. The molecule has 5 heteroatoms. The molecular weight excluding hydrogens is 269 g/mol. The number of benzene rings is 2. The van der Waals surface area contributed by atoms with Gasteiger partial charge >= 0.3 is 5.97 Å². The van der Waals surface area contributed by atoms with Crippen molar-refractivity contribution in [1.82, 2.24) is 0 Å². The van der Waals surface area contributed by atoms with E-state index in [1.165, 1.54) is 12.1 Å². The number of para-hydroxylation sites is 1. The molecule has 3 nitrogen and oxygen atoms in total. The van der Waals surface area contributed by atoms with Gasteiger partial charge in [-0.05, 0) is 29.8 Å². The summed E-state index contributed by atoms with van der Waals surface area (Å²) >= 11 is 5.67. The van der Waals surface area contributed by atoms with Crippen LogP contribution in [0.4, 0.5) is 15.8 Å². The second-order valence-corrected chi connectivity index (χ2v) is 4.41. The summed E-state index contributed by atoms with van der Waals surface area (Å²) in [6, 6.07) is 11.1. The fraction of sp³-hybridized carbons (Fsp3) is 0.0714.